The lowest BCUT2D eigenvalue weighted by molar-refractivity contribution is 0.127. The Balaban J connectivity index is 1.54. The van der Waals surface area contributed by atoms with Crippen molar-refractivity contribution in [1.82, 2.24) is 5.32 Å². The number of ether oxygens (including phenoxy) is 1. The Morgan fingerprint density at radius 2 is 2.47 bits per heavy atom. The maximum atomic E-state index is 5.88. The summed E-state index contributed by atoms with van der Waals surface area (Å²) in [6.07, 6.45) is 1.63. The summed E-state index contributed by atoms with van der Waals surface area (Å²) in [7, 11) is 0. The molecule has 0 aromatic carbocycles. The van der Waals surface area contributed by atoms with Crippen molar-refractivity contribution in [3.8, 4) is 0 Å². The molecule has 0 amide bonds. The van der Waals surface area contributed by atoms with Crippen LogP contribution in [0.3, 0.4) is 0 Å². The van der Waals surface area contributed by atoms with Gasteiger partial charge in [0.25, 0.3) is 0 Å². The highest BCUT2D eigenvalue weighted by molar-refractivity contribution is 8.00. The molecule has 1 saturated heterocycles. The summed E-state index contributed by atoms with van der Waals surface area (Å²) < 4.78 is 6.41. The Morgan fingerprint density at radius 3 is 3.12 bits per heavy atom. The number of rotatable bonds is 6. The fourth-order valence-electron chi connectivity index (χ4n) is 1.87. The van der Waals surface area contributed by atoms with Gasteiger partial charge in [0.2, 0.25) is 0 Å². The van der Waals surface area contributed by atoms with Gasteiger partial charge in [0, 0.05) is 35.6 Å². The lowest BCUT2D eigenvalue weighted by Crippen LogP contribution is -2.19. The molecule has 2 atom stereocenters. The molecule has 1 aromatic heterocycles. The molecule has 2 unspecified atom stereocenters. The number of nitrogens with one attached hydrogen (secondary N) is 1. The second kappa shape index (κ2) is 7.00. The van der Waals surface area contributed by atoms with Gasteiger partial charge < -0.3 is 10.1 Å². The molecule has 17 heavy (non-hydrogen) atoms. The standard InChI is InChI=1S/C12H18ClNOS2/c1-9-11(4-6-15-9)16-7-5-14-8-10-2-3-12(13)17-10/h2-3,9,11,14H,4-8H2,1H3. The van der Waals surface area contributed by atoms with E-state index < -0.39 is 0 Å². The Morgan fingerprint density at radius 1 is 1.59 bits per heavy atom. The van der Waals surface area contributed by atoms with Crippen molar-refractivity contribution in [2.45, 2.75) is 31.2 Å². The maximum absolute atomic E-state index is 5.88. The van der Waals surface area contributed by atoms with Crippen LogP contribution >= 0.6 is 34.7 Å². The molecule has 2 nitrogen and oxygen atoms in total. The normalized spacial score (nSPS) is 24.4. The van der Waals surface area contributed by atoms with Crippen LogP contribution in [0, 0.1) is 0 Å². The third kappa shape index (κ3) is 4.45. The summed E-state index contributed by atoms with van der Waals surface area (Å²) in [6, 6.07) is 4.04. The van der Waals surface area contributed by atoms with Gasteiger partial charge in [-0.2, -0.15) is 11.8 Å². The van der Waals surface area contributed by atoms with Crippen LogP contribution in [-0.4, -0.2) is 30.3 Å². The molecule has 0 bridgehead atoms. The fourth-order valence-corrected chi connectivity index (χ4v) is 4.11. The monoisotopic (exact) mass is 291 g/mol. The zero-order valence-electron chi connectivity index (χ0n) is 9.95. The first kappa shape index (κ1) is 13.7. The summed E-state index contributed by atoms with van der Waals surface area (Å²) in [5.41, 5.74) is 0. The first-order valence-electron chi connectivity index (χ1n) is 5.94. The van der Waals surface area contributed by atoms with E-state index in [1.165, 1.54) is 11.3 Å². The third-order valence-electron chi connectivity index (χ3n) is 2.85. The average molecular weight is 292 g/mol. The summed E-state index contributed by atoms with van der Waals surface area (Å²) >= 11 is 9.55. The maximum Gasteiger partial charge on any atom is 0.0931 e. The lowest BCUT2D eigenvalue weighted by atomic mass is 10.3. The van der Waals surface area contributed by atoms with Crippen molar-refractivity contribution in [2.24, 2.45) is 0 Å². The zero-order valence-corrected chi connectivity index (χ0v) is 12.3. The van der Waals surface area contributed by atoms with Crippen LogP contribution in [0.1, 0.15) is 18.2 Å². The van der Waals surface area contributed by atoms with Crippen LogP contribution in [0.4, 0.5) is 0 Å². The smallest absolute Gasteiger partial charge is 0.0931 e. The van der Waals surface area contributed by atoms with Crippen LogP contribution in [0.25, 0.3) is 0 Å². The van der Waals surface area contributed by atoms with Gasteiger partial charge in [-0.15, -0.1) is 11.3 Å². The predicted molar refractivity (Wildman–Crippen MR) is 77.3 cm³/mol. The van der Waals surface area contributed by atoms with E-state index in [2.05, 4.69) is 18.3 Å². The molecular formula is C12H18ClNOS2. The summed E-state index contributed by atoms with van der Waals surface area (Å²) in [4.78, 5) is 1.30. The molecule has 1 aliphatic rings. The molecule has 96 valence electrons. The van der Waals surface area contributed by atoms with Crippen molar-refractivity contribution in [3.63, 3.8) is 0 Å². The summed E-state index contributed by atoms with van der Waals surface area (Å²) in [5.74, 6) is 1.15. The molecule has 0 spiro atoms. The van der Waals surface area contributed by atoms with Gasteiger partial charge in [0.1, 0.15) is 0 Å². The van der Waals surface area contributed by atoms with Crippen molar-refractivity contribution in [1.29, 1.82) is 0 Å². The van der Waals surface area contributed by atoms with E-state index in [1.807, 2.05) is 17.8 Å². The zero-order chi connectivity index (χ0) is 12.1. The van der Waals surface area contributed by atoms with Crippen molar-refractivity contribution in [3.05, 3.63) is 21.3 Å². The molecule has 0 aliphatic carbocycles. The minimum atomic E-state index is 0.427. The van der Waals surface area contributed by atoms with Crippen LogP contribution in [-0.2, 0) is 11.3 Å². The van der Waals surface area contributed by atoms with E-state index in [9.17, 15) is 0 Å². The predicted octanol–water partition coefficient (Wildman–Crippen LogP) is 3.40. The quantitative estimate of drug-likeness (QED) is 0.812. The third-order valence-corrected chi connectivity index (χ3v) is 5.56. The van der Waals surface area contributed by atoms with Gasteiger partial charge in [0.05, 0.1) is 10.4 Å². The van der Waals surface area contributed by atoms with Gasteiger partial charge in [-0.25, -0.2) is 0 Å². The Bertz CT molecular complexity index is 345. The second-order valence-electron chi connectivity index (χ2n) is 4.16. The van der Waals surface area contributed by atoms with Gasteiger partial charge in [-0.3, -0.25) is 0 Å². The molecule has 1 N–H and O–H groups in total. The molecular weight excluding hydrogens is 274 g/mol. The van der Waals surface area contributed by atoms with Crippen molar-refractivity contribution < 1.29 is 4.74 Å². The fraction of sp³-hybridized carbons (Fsp3) is 0.667. The molecule has 5 heteroatoms. The van der Waals surface area contributed by atoms with E-state index in [0.29, 0.717) is 11.4 Å². The lowest BCUT2D eigenvalue weighted by Gasteiger charge is -2.13. The van der Waals surface area contributed by atoms with Crippen molar-refractivity contribution >= 4 is 34.7 Å². The number of thioether (sulfide) groups is 1. The van der Waals surface area contributed by atoms with E-state index in [4.69, 9.17) is 16.3 Å². The van der Waals surface area contributed by atoms with Crippen LogP contribution in [0.2, 0.25) is 4.34 Å². The number of halogens is 1. The SMILES string of the molecule is CC1OCCC1SCCNCc1ccc(Cl)s1. The average Bonchev–Trinajstić information content (AvgIpc) is 2.88. The molecule has 1 aliphatic heterocycles. The second-order valence-corrected chi connectivity index (χ2v) is 7.30. The van der Waals surface area contributed by atoms with E-state index in [-0.39, 0.29) is 0 Å². The van der Waals surface area contributed by atoms with Crippen molar-refractivity contribution in [2.75, 3.05) is 18.9 Å². The highest BCUT2D eigenvalue weighted by atomic mass is 35.5. The van der Waals surface area contributed by atoms with Gasteiger partial charge in [-0.1, -0.05) is 11.6 Å². The molecule has 1 fully saturated rings. The van der Waals surface area contributed by atoms with Gasteiger partial charge >= 0.3 is 0 Å². The van der Waals surface area contributed by atoms with Gasteiger partial charge in [-0.05, 0) is 25.5 Å². The largest absolute Gasteiger partial charge is 0.377 e. The van der Waals surface area contributed by atoms with Crippen LogP contribution in [0.15, 0.2) is 12.1 Å². The minimum Gasteiger partial charge on any atom is -0.377 e. The van der Waals surface area contributed by atoms with E-state index >= 15 is 0 Å². The Hall–Kier alpha value is 0.260. The molecule has 1 aromatic rings. The van der Waals surface area contributed by atoms with Crippen LogP contribution < -0.4 is 5.32 Å². The highest BCUT2D eigenvalue weighted by Gasteiger charge is 2.23. The summed E-state index contributed by atoms with van der Waals surface area (Å²) in [5, 5.41) is 4.13. The van der Waals surface area contributed by atoms with Crippen LogP contribution in [0.5, 0.6) is 0 Å². The molecule has 0 saturated carbocycles. The number of hydrogen-bond acceptors (Lipinski definition) is 4. The van der Waals surface area contributed by atoms with E-state index in [1.54, 1.807) is 11.3 Å². The highest BCUT2D eigenvalue weighted by Crippen LogP contribution is 2.25. The minimum absolute atomic E-state index is 0.427. The number of thiophene rings is 1. The first-order chi connectivity index (χ1) is 8.25. The number of hydrogen-bond donors (Lipinski definition) is 1. The topological polar surface area (TPSA) is 21.3 Å². The molecule has 2 rings (SSSR count). The molecule has 0 radical (unpaired) electrons. The first-order valence-corrected chi connectivity index (χ1v) is 8.18. The summed E-state index contributed by atoms with van der Waals surface area (Å²) in [6.45, 7) is 5.07. The Labute approximate surface area is 116 Å². The Kier molecular flexibility index (Phi) is 5.63. The van der Waals surface area contributed by atoms with E-state index in [0.717, 1.165) is 29.8 Å². The molecule has 2 heterocycles. The van der Waals surface area contributed by atoms with Gasteiger partial charge in [0.15, 0.2) is 0 Å².